The first-order valence-corrected chi connectivity index (χ1v) is 42.5. The third kappa shape index (κ3) is 19.4. The molecule has 0 amide bonds. The van der Waals surface area contributed by atoms with Crippen LogP contribution in [0.15, 0.2) is 99.0 Å². The lowest BCUT2D eigenvalue weighted by Gasteiger charge is -2.48. The number of aliphatic carboxylic acids is 1. The van der Waals surface area contributed by atoms with Crippen molar-refractivity contribution in [2.24, 2.45) is 60.3 Å². The number of hydrogen-bond donors (Lipinski definition) is 4. The maximum atomic E-state index is 15.1. The van der Waals surface area contributed by atoms with Crippen LogP contribution in [0.25, 0.3) is 50.4 Å². The molecule has 11 rings (SSSR count). The van der Waals surface area contributed by atoms with Gasteiger partial charge in [-0.05, 0) is 162 Å². The van der Waals surface area contributed by atoms with Crippen molar-refractivity contribution in [2.75, 3.05) is 75.7 Å². The van der Waals surface area contributed by atoms with Gasteiger partial charge in [-0.15, -0.1) is 5.10 Å². The van der Waals surface area contributed by atoms with E-state index in [0.717, 1.165) is 66.8 Å². The summed E-state index contributed by atoms with van der Waals surface area (Å²) in [7, 11) is 7.82. The molecule has 31 nitrogen and oxygen atoms in total. The van der Waals surface area contributed by atoms with Crippen LogP contribution in [0.4, 0.5) is 0 Å². The quantitative estimate of drug-likeness (QED) is 0.0185. The number of aromatic amines is 2. The number of carboxylic acids is 1. The summed E-state index contributed by atoms with van der Waals surface area (Å²) >= 11 is 0. The molecule has 0 aliphatic carbocycles. The minimum atomic E-state index is -1.43. The Bertz CT molecular complexity index is 5430. The molecule has 0 radical (unpaired) electrons. The summed E-state index contributed by atoms with van der Waals surface area (Å²) in [4.78, 5) is 157. The van der Waals surface area contributed by atoms with Crippen LogP contribution in [-0.4, -0.2) is 198 Å². The Hall–Kier alpha value is -11.6. The van der Waals surface area contributed by atoms with Crippen LogP contribution in [0.3, 0.4) is 0 Å². The molecular weight excluding hydrogens is 1600 g/mol. The largest absolute Gasteiger partial charge is 0.481 e. The Morgan fingerprint density at radius 1 is 0.544 bits per heavy atom. The van der Waals surface area contributed by atoms with Gasteiger partial charge < -0.3 is 67.8 Å². The number of H-pyrrole nitrogens is 2. The van der Waals surface area contributed by atoms with Crippen molar-refractivity contribution in [1.29, 1.82) is 0 Å². The fourth-order valence-corrected chi connectivity index (χ4v) is 19.5. The number of aromatic nitrogens is 7. The van der Waals surface area contributed by atoms with Crippen molar-refractivity contribution in [3.63, 3.8) is 0 Å². The number of carbonyl (C=O) groups excluding carboxylic acids is 8. The van der Waals surface area contributed by atoms with Gasteiger partial charge in [0, 0.05) is 146 Å². The van der Waals surface area contributed by atoms with Gasteiger partial charge >= 0.3 is 53.7 Å². The first kappa shape index (κ1) is 94.1. The van der Waals surface area contributed by atoms with Crippen LogP contribution < -0.4 is 5.32 Å². The highest BCUT2D eigenvalue weighted by Gasteiger charge is 2.67. The Morgan fingerprint density at radius 3 is 1.78 bits per heavy atom. The van der Waals surface area contributed by atoms with Gasteiger partial charge in [0.25, 0.3) is 0 Å². The molecule has 0 aromatic carbocycles. The molecule has 1 unspecified atom stereocenters. The molecule has 4 N–H and O–H groups in total. The molecule has 1 saturated heterocycles. The number of aryl methyl sites for hydroxylation is 3. The summed E-state index contributed by atoms with van der Waals surface area (Å²) in [5, 5.41) is 22.4. The molecule has 31 heteroatoms. The first-order chi connectivity index (χ1) is 59.4. The number of fused-ring (bicyclic) bond motifs is 14. The van der Waals surface area contributed by atoms with Gasteiger partial charge in [0.15, 0.2) is 0 Å². The van der Waals surface area contributed by atoms with Crippen molar-refractivity contribution in [2.45, 2.75) is 204 Å². The third-order valence-corrected chi connectivity index (χ3v) is 27.1. The molecule has 7 aliphatic heterocycles. The van der Waals surface area contributed by atoms with Gasteiger partial charge in [-0.3, -0.25) is 58.1 Å². The molecule has 4 aromatic heterocycles. The zero-order valence-corrected chi connectivity index (χ0v) is 75.3. The minimum Gasteiger partial charge on any atom is -0.481 e. The zero-order chi connectivity index (χ0) is 90.9. The lowest BCUT2D eigenvalue weighted by atomic mass is 9.56. The van der Waals surface area contributed by atoms with Crippen LogP contribution in [0, 0.1) is 59.2 Å². The lowest BCUT2D eigenvalue weighted by Crippen LogP contribution is -2.58. The molecule has 0 spiro atoms. The second-order valence-electron chi connectivity index (χ2n) is 34.6. The molecule has 125 heavy (non-hydrogen) atoms. The van der Waals surface area contributed by atoms with Crippen molar-refractivity contribution in [1.82, 2.24) is 40.2 Å². The summed E-state index contributed by atoms with van der Waals surface area (Å²) in [5.41, 5.74) is 11.7. The minimum absolute atomic E-state index is 0.00644. The second kappa shape index (κ2) is 39.3. The molecule has 1 fully saturated rings. The summed E-state index contributed by atoms with van der Waals surface area (Å²) in [5.74, 6) is -7.84. The van der Waals surface area contributed by atoms with E-state index in [2.05, 4.69) is 38.8 Å². The number of carbonyl (C=O) groups is 9. The monoisotopic (exact) mass is 1720 g/mol. The van der Waals surface area contributed by atoms with E-state index in [1.165, 1.54) is 42.7 Å². The molecule has 11 heterocycles. The Labute approximate surface area is 728 Å². The molecule has 4 aromatic rings. The van der Waals surface area contributed by atoms with Crippen molar-refractivity contribution < 1.29 is 95.6 Å². The second-order valence-corrected chi connectivity index (χ2v) is 34.6. The number of ether oxygens (including phenoxy) is 10. The van der Waals surface area contributed by atoms with Crippen LogP contribution >= 0.6 is 0 Å². The number of hydrogen-bond acceptors (Lipinski definition) is 27. The van der Waals surface area contributed by atoms with Gasteiger partial charge in [0.2, 0.25) is 0 Å². The maximum absolute atomic E-state index is 15.1. The average molecular weight is 1720 g/mol. The molecule has 9 atom stereocenters. The van der Waals surface area contributed by atoms with Crippen LogP contribution in [0.1, 0.15) is 210 Å². The highest BCUT2D eigenvalue weighted by molar-refractivity contribution is 6.10. The van der Waals surface area contributed by atoms with Crippen LogP contribution in [0.5, 0.6) is 0 Å². The van der Waals surface area contributed by atoms with Gasteiger partial charge in [0.05, 0.1) is 141 Å². The summed E-state index contributed by atoms with van der Waals surface area (Å²) in [6, 6.07) is 7.03. The molecule has 670 valence electrons. The topological polar surface area (TPSA) is 403 Å². The van der Waals surface area contributed by atoms with Gasteiger partial charge in [0.1, 0.15) is 18.9 Å². The van der Waals surface area contributed by atoms with Crippen LogP contribution in [-0.2, 0) is 110 Å². The summed E-state index contributed by atoms with van der Waals surface area (Å²) in [6.07, 6.45) is 7.27. The fourth-order valence-electron chi connectivity index (χ4n) is 19.5. The van der Waals surface area contributed by atoms with Gasteiger partial charge in [-0.25, -0.2) is 14.6 Å². The maximum Gasteiger partial charge on any atom is 0.307 e. The van der Waals surface area contributed by atoms with Crippen LogP contribution in [0.2, 0.25) is 0 Å². The Kier molecular flexibility index (Phi) is 29.6. The zero-order valence-electron chi connectivity index (χ0n) is 75.3. The molecule has 7 aliphatic rings. The molecule has 16 bridgehead atoms. The number of allylic oxidation sites excluding steroid dienone is 11. The number of rotatable bonds is 37. The van der Waals surface area contributed by atoms with E-state index in [0.29, 0.717) is 80.1 Å². The van der Waals surface area contributed by atoms with Crippen molar-refractivity contribution >= 4 is 121 Å². The van der Waals surface area contributed by atoms with E-state index in [1.807, 2.05) is 120 Å². The number of carboxylic acid groups (broad SMARTS) is 1. The number of esters is 8. The lowest BCUT2D eigenvalue weighted by molar-refractivity contribution is -0.148. The third-order valence-electron chi connectivity index (χ3n) is 27.1. The SMILES string of the molecule is C=CC1=C(C)c2cc3[nH]c(cc4nc(cc5[nH]c(cc1n2)c(C)c5CCC(=O)OCCOCCOCCn1cc(COC(=O)C[C@]2(C)/C5=C(\C)C6=N[C@@](C)(C7N/C(=C(/C)C8=N/C(=C\C(=N5)[C@H]2CCC(=O)OC)C(C)(C)[C@@H]8CCC(=O)OC)[C@](C)(CCC(=O)OC)[C@H]7CC(=O)OC)[C@@](C)(CC(=O)OC)[C@@H]6CCC(=O)OC)nn1)C(CCC(=O)O)=C4C)c(C)c3C=C. The fraction of sp³-hybridized carbons (Fsp3) is 0.532. The average Bonchev–Trinajstić information content (AvgIpc) is 1.52. The van der Waals surface area contributed by atoms with E-state index >= 15 is 4.79 Å². The predicted molar refractivity (Wildman–Crippen MR) is 469 cm³/mol. The smallest absolute Gasteiger partial charge is 0.307 e. The van der Waals surface area contributed by atoms with Gasteiger partial charge in [-0.1, -0.05) is 65.1 Å². The Balaban J connectivity index is 0.802. The molecule has 0 saturated carbocycles. The summed E-state index contributed by atoms with van der Waals surface area (Å²) < 4.78 is 57.1. The number of aliphatic imine (C=N–C) groups is 3. The van der Waals surface area contributed by atoms with Crippen molar-refractivity contribution in [3.8, 4) is 0 Å². The van der Waals surface area contributed by atoms with Gasteiger partial charge in [-0.2, -0.15) is 0 Å². The predicted octanol–water partition coefficient (Wildman–Crippen LogP) is 13.7. The molecular formula is C94H119N11O20. The van der Waals surface area contributed by atoms with E-state index in [-0.39, 0.29) is 136 Å². The normalized spacial score (nSPS) is 24.5. The highest BCUT2D eigenvalue weighted by Crippen LogP contribution is 2.63. The number of nitrogens with zero attached hydrogens (tertiary/aromatic N) is 8. The highest BCUT2D eigenvalue weighted by atomic mass is 16.6. The number of methoxy groups -OCH3 is 6. The number of nitrogens with one attached hydrogen (secondary N) is 3. The summed E-state index contributed by atoms with van der Waals surface area (Å²) in [6.45, 7) is 32.4. The standard InChI is InChI=1S/C94H119N11O20/c1-21-58-51(3)66-42-67-53(5)60(23-28-76(106)107)72(97-67)45-73-61(54(6)69(98-73)44-71-59(22-2)52(4)68(96-71)43-70(58)95-66)24-29-81(112)124-40-39-123-38-37-122-36-35-105-49-57(103-104-105)50-125-84(115)47-92(12)62(25-30-77(108)116-15)74-46-75-90(9,10)63(26-31-78(109)117-16)85(100-75)55(7)87-91(11,34-33-80(111)119-18)65(41-82(113)120-19)89(101-87)94(14)93(13,48-83(114)121-20)64(27-32-79(110)118-17)86(102-94)56(8)88(92)99-74/h21-22,42-46,49,62-65,89,95,98,101H,1-2,23-41,47-48,50H2,3-20H3,(H,106,107)/b66-42?,67-42?,68-43?,69-44?,70-43?,71-44?,72-45?,73-45?,75-46-,87-55-,88-56-/t62-,63-,64-,65+,89?,91-,92+,93+,94+/m1/s1. The van der Waals surface area contributed by atoms with E-state index in [4.69, 9.17) is 72.3 Å². The Morgan fingerprint density at radius 2 is 1.13 bits per heavy atom. The van der Waals surface area contributed by atoms with Crippen molar-refractivity contribution in [3.05, 3.63) is 135 Å². The van der Waals surface area contributed by atoms with E-state index in [9.17, 15) is 43.5 Å². The van der Waals surface area contributed by atoms with E-state index in [1.54, 1.807) is 17.0 Å². The first-order valence-electron chi connectivity index (χ1n) is 42.5. The van der Waals surface area contributed by atoms with E-state index < -0.39 is 111 Å².